The Morgan fingerprint density at radius 2 is 2.06 bits per heavy atom. The van der Waals surface area contributed by atoms with Gasteiger partial charge in [-0.05, 0) is 31.5 Å². The van der Waals surface area contributed by atoms with Crippen LogP contribution in [0, 0.1) is 5.82 Å². The van der Waals surface area contributed by atoms with Crippen LogP contribution in [0.3, 0.4) is 0 Å². The quantitative estimate of drug-likeness (QED) is 0.831. The lowest BCUT2D eigenvalue weighted by molar-refractivity contribution is 0.565. The summed E-state index contributed by atoms with van der Waals surface area (Å²) in [6.07, 6.45) is 0. The van der Waals surface area contributed by atoms with Gasteiger partial charge in [0.25, 0.3) is 0 Å². The molecular formula is C10H15FN2O2S. The zero-order valence-corrected chi connectivity index (χ0v) is 10.0. The molecule has 0 bridgehead atoms. The summed E-state index contributed by atoms with van der Waals surface area (Å²) in [6, 6.07) is 3.30. The van der Waals surface area contributed by atoms with Crippen LogP contribution in [0.15, 0.2) is 23.1 Å². The van der Waals surface area contributed by atoms with Crippen molar-refractivity contribution in [3.8, 4) is 0 Å². The second kappa shape index (κ2) is 4.90. The zero-order valence-electron chi connectivity index (χ0n) is 9.20. The monoisotopic (exact) mass is 246 g/mol. The topological polar surface area (TPSA) is 72.2 Å². The summed E-state index contributed by atoms with van der Waals surface area (Å²) in [5.41, 5.74) is 5.81. The van der Waals surface area contributed by atoms with Crippen molar-refractivity contribution >= 4 is 10.0 Å². The van der Waals surface area contributed by atoms with Gasteiger partial charge in [0.15, 0.2) is 0 Å². The number of sulfonamides is 1. The van der Waals surface area contributed by atoms with Gasteiger partial charge in [-0.25, -0.2) is 17.5 Å². The van der Waals surface area contributed by atoms with Gasteiger partial charge in [-0.3, -0.25) is 0 Å². The van der Waals surface area contributed by atoms with E-state index in [9.17, 15) is 12.8 Å². The first-order valence-corrected chi connectivity index (χ1v) is 6.36. The molecule has 0 aliphatic heterocycles. The van der Waals surface area contributed by atoms with Crippen LogP contribution < -0.4 is 10.5 Å². The third kappa shape index (κ3) is 3.01. The van der Waals surface area contributed by atoms with Gasteiger partial charge >= 0.3 is 0 Å². The predicted octanol–water partition coefficient (Wildman–Crippen LogP) is 0.971. The molecule has 0 saturated carbocycles. The SMILES string of the molecule is CC(C)NS(=O)(=O)c1cc(F)ccc1CN. The minimum Gasteiger partial charge on any atom is -0.326 e. The fourth-order valence-electron chi connectivity index (χ4n) is 1.32. The molecule has 0 aromatic heterocycles. The van der Waals surface area contributed by atoms with Gasteiger partial charge in [0, 0.05) is 12.6 Å². The molecule has 0 aliphatic carbocycles. The van der Waals surface area contributed by atoms with Gasteiger partial charge < -0.3 is 5.73 Å². The Balaban J connectivity index is 3.25. The maximum atomic E-state index is 13.0. The number of hydrogen-bond acceptors (Lipinski definition) is 3. The van der Waals surface area contributed by atoms with E-state index in [-0.39, 0.29) is 17.5 Å². The molecule has 6 heteroatoms. The minimum atomic E-state index is -3.69. The molecule has 90 valence electrons. The molecule has 0 amide bonds. The van der Waals surface area contributed by atoms with Crippen LogP contribution in [0.2, 0.25) is 0 Å². The van der Waals surface area contributed by atoms with E-state index in [1.807, 2.05) is 0 Å². The highest BCUT2D eigenvalue weighted by Gasteiger charge is 2.19. The molecular weight excluding hydrogens is 231 g/mol. The summed E-state index contributed by atoms with van der Waals surface area (Å²) < 4.78 is 39.1. The number of rotatable bonds is 4. The smallest absolute Gasteiger partial charge is 0.241 e. The Morgan fingerprint density at radius 3 is 2.56 bits per heavy atom. The van der Waals surface area contributed by atoms with Gasteiger partial charge in [0.2, 0.25) is 10.0 Å². The highest BCUT2D eigenvalue weighted by atomic mass is 32.2. The molecule has 0 saturated heterocycles. The van der Waals surface area contributed by atoms with Gasteiger partial charge in [0.05, 0.1) is 4.90 Å². The molecule has 4 nitrogen and oxygen atoms in total. The summed E-state index contributed by atoms with van der Waals surface area (Å²) in [7, 11) is -3.69. The second-order valence-corrected chi connectivity index (χ2v) is 5.41. The average molecular weight is 246 g/mol. The Labute approximate surface area is 94.7 Å². The molecule has 0 fully saturated rings. The lowest BCUT2D eigenvalue weighted by atomic mass is 10.2. The van der Waals surface area contributed by atoms with E-state index >= 15 is 0 Å². The molecule has 0 atom stereocenters. The van der Waals surface area contributed by atoms with Crippen LogP contribution in [-0.4, -0.2) is 14.5 Å². The fraction of sp³-hybridized carbons (Fsp3) is 0.400. The van der Waals surface area contributed by atoms with Gasteiger partial charge in [0.1, 0.15) is 5.82 Å². The fourth-order valence-corrected chi connectivity index (χ4v) is 2.83. The van der Waals surface area contributed by atoms with Crippen LogP contribution in [0.1, 0.15) is 19.4 Å². The summed E-state index contributed by atoms with van der Waals surface area (Å²) >= 11 is 0. The second-order valence-electron chi connectivity index (χ2n) is 3.73. The van der Waals surface area contributed by atoms with E-state index in [0.717, 1.165) is 6.07 Å². The van der Waals surface area contributed by atoms with Gasteiger partial charge in [-0.1, -0.05) is 6.07 Å². The number of nitrogens with two attached hydrogens (primary N) is 1. The predicted molar refractivity (Wildman–Crippen MR) is 59.7 cm³/mol. The molecule has 16 heavy (non-hydrogen) atoms. The lowest BCUT2D eigenvalue weighted by Gasteiger charge is -2.12. The van der Waals surface area contributed by atoms with Crippen molar-refractivity contribution in [1.29, 1.82) is 0 Å². The molecule has 0 unspecified atom stereocenters. The van der Waals surface area contributed by atoms with Crippen LogP contribution in [0.5, 0.6) is 0 Å². The molecule has 1 aromatic carbocycles. The largest absolute Gasteiger partial charge is 0.326 e. The average Bonchev–Trinajstić information content (AvgIpc) is 2.15. The number of benzene rings is 1. The van der Waals surface area contributed by atoms with E-state index in [0.29, 0.717) is 5.56 Å². The van der Waals surface area contributed by atoms with Crippen molar-refractivity contribution in [2.75, 3.05) is 0 Å². The highest BCUT2D eigenvalue weighted by Crippen LogP contribution is 2.17. The van der Waals surface area contributed by atoms with E-state index < -0.39 is 15.8 Å². The van der Waals surface area contributed by atoms with Gasteiger partial charge in [-0.15, -0.1) is 0 Å². The number of hydrogen-bond donors (Lipinski definition) is 2. The Kier molecular flexibility index (Phi) is 4.01. The van der Waals surface area contributed by atoms with Crippen molar-refractivity contribution in [3.05, 3.63) is 29.6 Å². The molecule has 1 aromatic rings. The summed E-state index contributed by atoms with van der Waals surface area (Å²) in [5.74, 6) is -0.596. The standard InChI is InChI=1S/C10H15FN2O2S/c1-7(2)13-16(14,15)10-5-9(11)4-3-8(10)6-12/h3-5,7,13H,6,12H2,1-2H3. The molecule has 3 N–H and O–H groups in total. The van der Waals surface area contributed by atoms with E-state index in [4.69, 9.17) is 5.73 Å². The van der Waals surface area contributed by atoms with Gasteiger partial charge in [-0.2, -0.15) is 0 Å². The lowest BCUT2D eigenvalue weighted by Crippen LogP contribution is -2.31. The highest BCUT2D eigenvalue weighted by molar-refractivity contribution is 7.89. The molecule has 0 heterocycles. The minimum absolute atomic E-state index is 0.0502. The van der Waals surface area contributed by atoms with Crippen LogP contribution in [0.4, 0.5) is 4.39 Å². The van der Waals surface area contributed by atoms with E-state index in [2.05, 4.69) is 4.72 Å². The number of nitrogens with one attached hydrogen (secondary N) is 1. The van der Waals surface area contributed by atoms with Crippen molar-refractivity contribution in [2.45, 2.75) is 31.3 Å². The maximum absolute atomic E-state index is 13.0. The summed E-state index contributed by atoms with van der Waals surface area (Å²) in [6.45, 7) is 3.44. The normalized spacial score (nSPS) is 12.1. The van der Waals surface area contributed by atoms with E-state index in [1.54, 1.807) is 13.8 Å². The first-order valence-electron chi connectivity index (χ1n) is 4.87. The summed E-state index contributed by atoms with van der Waals surface area (Å²) in [5, 5.41) is 0. The van der Waals surface area contributed by atoms with Crippen molar-refractivity contribution in [2.24, 2.45) is 5.73 Å². The van der Waals surface area contributed by atoms with E-state index in [1.165, 1.54) is 12.1 Å². The molecule has 0 aliphatic rings. The molecule has 0 spiro atoms. The summed E-state index contributed by atoms with van der Waals surface area (Å²) in [4.78, 5) is -0.0938. The van der Waals surface area contributed by atoms with Crippen LogP contribution in [0.25, 0.3) is 0 Å². The number of halogens is 1. The molecule has 1 rings (SSSR count). The Hall–Kier alpha value is -0.980. The van der Waals surface area contributed by atoms with Crippen LogP contribution >= 0.6 is 0 Å². The Bertz CT molecular complexity index is 472. The first-order chi connectivity index (χ1) is 7.36. The third-order valence-corrected chi connectivity index (χ3v) is 3.67. The van der Waals surface area contributed by atoms with Crippen molar-refractivity contribution in [3.63, 3.8) is 0 Å². The maximum Gasteiger partial charge on any atom is 0.241 e. The van der Waals surface area contributed by atoms with Crippen LogP contribution in [-0.2, 0) is 16.6 Å². The third-order valence-electron chi connectivity index (χ3n) is 1.93. The zero-order chi connectivity index (χ0) is 12.3. The molecule has 0 radical (unpaired) electrons. The first kappa shape index (κ1) is 13.1. The van der Waals surface area contributed by atoms with Crippen molar-refractivity contribution in [1.82, 2.24) is 4.72 Å². The Morgan fingerprint density at radius 1 is 1.44 bits per heavy atom. The van der Waals surface area contributed by atoms with Crippen molar-refractivity contribution < 1.29 is 12.8 Å².